The van der Waals surface area contributed by atoms with Crippen LogP contribution in [0.25, 0.3) is 0 Å². The molecule has 2 atom stereocenters. The number of allylic oxidation sites excluding steroid dienone is 19. The zero-order valence-corrected chi connectivity index (χ0v) is 55.2. The molecule has 0 rings (SSSR count). The van der Waals surface area contributed by atoms with Gasteiger partial charge in [0.25, 0.3) is 0 Å². The molecule has 1 amide bonds. The second kappa shape index (κ2) is 73.0. The van der Waals surface area contributed by atoms with Crippen molar-refractivity contribution in [1.29, 1.82) is 0 Å². The summed E-state index contributed by atoms with van der Waals surface area (Å²) >= 11 is 0. The molecule has 0 aromatic carbocycles. The summed E-state index contributed by atoms with van der Waals surface area (Å²) in [6.45, 7) is 4.21. The van der Waals surface area contributed by atoms with Crippen molar-refractivity contribution in [3.63, 3.8) is 0 Å². The van der Waals surface area contributed by atoms with Gasteiger partial charge in [-0.15, -0.1) is 0 Å². The van der Waals surface area contributed by atoms with E-state index in [2.05, 4.69) is 129 Å². The van der Waals surface area contributed by atoms with E-state index in [4.69, 9.17) is 0 Å². The summed E-state index contributed by atoms with van der Waals surface area (Å²) in [7, 11) is 0. The van der Waals surface area contributed by atoms with E-state index in [0.29, 0.717) is 6.42 Å². The predicted molar refractivity (Wildman–Crippen MR) is 372 cm³/mol. The van der Waals surface area contributed by atoms with Crippen LogP contribution in [0.3, 0.4) is 0 Å². The SMILES string of the molecule is CC/C=C\C/C=C\C/C=C\C/C=C\C/C=C\C/C=C\C/C=C\C/C=C\CCCCCCCCCCCCCCCCCCC(=O)NC(CO)C(O)/C=C/CC/C=C/CCCCCCCCCCCCCCCCCCCCCCCCCC. The van der Waals surface area contributed by atoms with E-state index in [1.165, 1.54) is 250 Å². The Hall–Kier alpha value is -3.21. The molecule has 0 aromatic rings. The van der Waals surface area contributed by atoms with Crippen LogP contribution in [0.2, 0.25) is 0 Å². The van der Waals surface area contributed by atoms with Gasteiger partial charge in [-0.1, -0.05) is 373 Å². The Bertz CT molecular complexity index is 1590. The van der Waals surface area contributed by atoms with Crippen LogP contribution in [0.4, 0.5) is 0 Å². The Labute approximate surface area is 518 Å². The lowest BCUT2D eigenvalue weighted by Crippen LogP contribution is -2.45. The number of carbonyl (C=O) groups is 1. The van der Waals surface area contributed by atoms with E-state index in [1.807, 2.05) is 6.08 Å². The van der Waals surface area contributed by atoms with Gasteiger partial charge in [-0.25, -0.2) is 0 Å². The first-order valence-electron chi connectivity index (χ1n) is 36.2. The topological polar surface area (TPSA) is 69.6 Å². The third-order valence-electron chi connectivity index (χ3n) is 16.2. The highest BCUT2D eigenvalue weighted by Gasteiger charge is 2.18. The Morgan fingerprint density at radius 3 is 0.843 bits per heavy atom. The molecule has 83 heavy (non-hydrogen) atoms. The minimum Gasteiger partial charge on any atom is -0.394 e. The number of unbranched alkanes of at least 4 members (excludes halogenated alkanes) is 41. The van der Waals surface area contributed by atoms with Crippen LogP contribution in [0.5, 0.6) is 0 Å². The molecule has 0 aromatic heterocycles. The van der Waals surface area contributed by atoms with Gasteiger partial charge in [0.2, 0.25) is 5.91 Å². The van der Waals surface area contributed by atoms with E-state index in [1.54, 1.807) is 6.08 Å². The fourth-order valence-electron chi connectivity index (χ4n) is 10.7. The molecule has 0 radical (unpaired) electrons. The van der Waals surface area contributed by atoms with Gasteiger partial charge >= 0.3 is 0 Å². The quantitative estimate of drug-likeness (QED) is 0.0420. The summed E-state index contributed by atoms with van der Waals surface area (Å²) < 4.78 is 0. The molecule has 2 unspecified atom stereocenters. The Morgan fingerprint density at radius 2 is 0.542 bits per heavy atom. The van der Waals surface area contributed by atoms with Gasteiger partial charge in [0, 0.05) is 6.42 Å². The zero-order valence-electron chi connectivity index (χ0n) is 55.2. The van der Waals surface area contributed by atoms with Crippen molar-refractivity contribution < 1.29 is 15.0 Å². The summed E-state index contributed by atoms with van der Waals surface area (Å²) in [5.41, 5.74) is 0. The van der Waals surface area contributed by atoms with Crippen LogP contribution < -0.4 is 5.32 Å². The maximum Gasteiger partial charge on any atom is 0.220 e. The normalized spacial score (nSPS) is 13.4. The molecule has 0 fully saturated rings. The van der Waals surface area contributed by atoms with Gasteiger partial charge in [-0.2, -0.15) is 0 Å². The maximum absolute atomic E-state index is 12.5. The second-order valence-corrected chi connectivity index (χ2v) is 24.3. The van der Waals surface area contributed by atoms with Crippen molar-refractivity contribution in [2.24, 2.45) is 0 Å². The van der Waals surface area contributed by atoms with Gasteiger partial charge in [0.15, 0.2) is 0 Å². The molecular formula is C79H139NO3. The molecule has 0 saturated heterocycles. The molecule has 0 bridgehead atoms. The first-order chi connectivity index (χ1) is 41.2. The Balaban J connectivity index is 3.52. The van der Waals surface area contributed by atoms with Crippen LogP contribution in [0.1, 0.15) is 354 Å². The van der Waals surface area contributed by atoms with Crippen molar-refractivity contribution in [1.82, 2.24) is 5.32 Å². The van der Waals surface area contributed by atoms with Crippen molar-refractivity contribution in [3.8, 4) is 0 Å². The lowest BCUT2D eigenvalue weighted by molar-refractivity contribution is -0.123. The molecule has 0 aliphatic carbocycles. The van der Waals surface area contributed by atoms with E-state index in [0.717, 1.165) is 83.5 Å². The summed E-state index contributed by atoms with van der Waals surface area (Å²) in [6, 6.07) is -0.647. The summed E-state index contributed by atoms with van der Waals surface area (Å²) in [6.07, 6.45) is 112. The third-order valence-corrected chi connectivity index (χ3v) is 16.2. The molecule has 0 heterocycles. The molecule has 478 valence electrons. The van der Waals surface area contributed by atoms with Crippen LogP contribution in [0, 0.1) is 0 Å². The van der Waals surface area contributed by atoms with Gasteiger partial charge in [-0.3, -0.25) is 4.79 Å². The standard InChI is InChI=1S/C79H139NO3/c1-3-5-7-9-11-13-15-17-19-21-23-25-27-29-31-33-35-36-37-38-39-40-41-42-43-44-45-47-49-51-53-55-57-59-61-63-65-67-69-71-73-75-79(83)80-77(76-81)78(82)74-72-70-68-66-64-62-60-58-56-54-52-50-48-46-34-32-30-28-26-24-22-20-18-16-14-12-10-8-6-4-2/h5,7,11,13,17,19,23,25,29,31,35-36,38-39,41-42,64,66,72,74,77-78,81-82H,3-4,6,8-10,12,14-16,18,20-22,24,26-28,30,32-34,37,40,43-63,65,67-71,73,75-76H2,1-2H3,(H,80,83)/b7-5-,13-11-,19-17-,25-23-,31-29-,36-35-,39-38-,42-41-,66-64+,74-72+. The fourth-order valence-corrected chi connectivity index (χ4v) is 10.7. The summed E-state index contributed by atoms with van der Waals surface area (Å²) in [5, 5.41) is 23.3. The highest BCUT2D eigenvalue weighted by atomic mass is 16.3. The maximum atomic E-state index is 12.5. The van der Waals surface area contributed by atoms with Crippen LogP contribution in [-0.4, -0.2) is 34.9 Å². The first kappa shape index (κ1) is 79.8. The van der Waals surface area contributed by atoms with Gasteiger partial charge in [0.05, 0.1) is 18.8 Å². The van der Waals surface area contributed by atoms with Crippen LogP contribution in [-0.2, 0) is 4.79 Å². The van der Waals surface area contributed by atoms with E-state index in [-0.39, 0.29) is 12.5 Å². The number of carbonyl (C=O) groups excluding carboxylic acids is 1. The summed E-state index contributed by atoms with van der Waals surface area (Å²) in [4.78, 5) is 12.5. The lowest BCUT2D eigenvalue weighted by Gasteiger charge is -2.19. The minimum atomic E-state index is -0.870. The highest BCUT2D eigenvalue weighted by Crippen LogP contribution is 2.18. The average Bonchev–Trinajstić information content (AvgIpc) is 3.51. The van der Waals surface area contributed by atoms with Crippen molar-refractivity contribution >= 4 is 5.91 Å². The predicted octanol–water partition coefficient (Wildman–Crippen LogP) is 25.1. The molecule has 4 heteroatoms. The Kier molecular flexibility index (Phi) is 70.2. The van der Waals surface area contributed by atoms with Crippen molar-refractivity contribution in [3.05, 3.63) is 122 Å². The lowest BCUT2D eigenvalue weighted by atomic mass is 10.0. The minimum absolute atomic E-state index is 0.0728. The molecule has 0 saturated carbocycles. The first-order valence-corrected chi connectivity index (χ1v) is 36.2. The number of rotatable bonds is 66. The number of aliphatic hydroxyl groups is 2. The molecule has 0 aliphatic heterocycles. The van der Waals surface area contributed by atoms with Gasteiger partial charge in [-0.05, 0) is 96.3 Å². The largest absolute Gasteiger partial charge is 0.394 e. The highest BCUT2D eigenvalue weighted by molar-refractivity contribution is 5.76. The number of hydrogen-bond donors (Lipinski definition) is 3. The number of aliphatic hydroxyl groups excluding tert-OH is 2. The average molecular weight is 1150 g/mol. The Morgan fingerprint density at radius 1 is 0.301 bits per heavy atom. The summed E-state index contributed by atoms with van der Waals surface area (Å²) in [5.74, 6) is -0.0728. The monoisotopic (exact) mass is 1150 g/mol. The number of nitrogens with one attached hydrogen (secondary N) is 1. The zero-order chi connectivity index (χ0) is 59.8. The molecule has 3 N–H and O–H groups in total. The smallest absolute Gasteiger partial charge is 0.220 e. The second-order valence-electron chi connectivity index (χ2n) is 24.3. The fraction of sp³-hybridized carbons (Fsp3) is 0.734. The van der Waals surface area contributed by atoms with Crippen molar-refractivity contribution in [2.75, 3.05) is 6.61 Å². The van der Waals surface area contributed by atoms with E-state index >= 15 is 0 Å². The van der Waals surface area contributed by atoms with Crippen LogP contribution in [0.15, 0.2) is 122 Å². The van der Waals surface area contributed by atoms with E-state index < -0.39 is 12.1 Å². The van der Waals surface area contributed by atoms with Gasteiger partial charge in [0.1, 0.15) is 0 Å². The molecule has 0 aliphatic rings. The molecule has 0 spiro atoms. The van der Waals surface area contributed by atoms with Crippen molar-refractivity contribution in [2.45, 2.75) is 366 Å². The molecular weight excluding hydrogens is 1010 g/mol. The van der Waals surface area contributed by atoms with Crippen LogP contribution >= 0.6 is 0 Å². The third kappa shape index (κ3) is 69.5. The molecule has 4 nitrogen and oxygen atoms in total. The van der Waals surface area contributed by atoms with E-state index in [9.17, 15) is 15.0 Å². The number of amides is 1. The number of hydrogen-bond acceptors (Lipinski definition) is 3. The van der Waals surface area contributed by atoms with Gasteiger partial charge < -0.3 is 15.5 Å².